The Bertz CT molecular complexity index is 466. The van der Waals surface area contributed by atoms with Gasteiger partial charge in [-0.15, -0.1) is 0 Å². The van der Waals surface area contributed by atoms with E-state index in [1.807, 2.05) is 0 Å². The van der Waals surface area contributed by atoms with Gasteiger partial charge in [-0.2, -0.15) is 0 Å². The quantitative estimate of drug-likeness (QED) is 0.775. The SMILES string of the molecule is CC(NCC(=O)Nc1cccc(Cl)c1Cl)C(=O)O. The minimum absolute atomic E-state index is 0.129. The van der Waals surface area contributed by atoms with Crippen molar-refractivity contribution in [1.29, 1.82) is 0 Å². The summed E-state index contributed by atoms with van der Waals surface area (Å²) in [7, 11) is 0. The molecule has 18 heavy (non-hydrogen) atoms. The molecular formula is C11H12Cl2N2O3. The van der Waals surface area contributed by atoms with Gasteiger partial charge in [-0.3, -0.25) is 14.9 Å². The fraction of sp³-hybridized carbons (Fsp3) is 0.273. The third kappa shape index (κ3) is 4.18. The Morgan fingerprint density at radius 1 is 1.39 bits per heavy atom. The van der Waals surface area contributed by atoms with Crippen molar-refractivity contribution in [3.05, 3.63) is 28.2 Å². The Labute approximate surface area is 114 Å². The van der Waals surface area contributed by atoms with Crippen LogP contribution < -0.4 is 10.6 Å². The summed E-state index contributed by atoms with van der Waals surface area (Å²) in [6, 6.07) is 4.05. The van der Waals surface area contributed by atoms with Gasteiger partial charge in [-0.1, -0.05) is 29.3 Å². The number of hydrogen-bond acceptors (Lipinski definition) is 3. The highest BCUT2D eigenvalue weighted by Gasteiger charge is 2.13. The number of anilines is 1. The molecule has 0 aliphatic heterocycles. The molecule has 0 spiro atoms. The van der Waals surface area contributed by atoms with Gasteiger partial charge in [0.05, 0.1) is 22.3 Å². The number of benzene rings is 1. The van der Waals surface area contributed by atoms with Crippen LogP contribution in [0.5, 0.6) is 0 Å². The number of rotatable bonds is 5. The van der Waals surface area contributed by atoms with Crippen molar-refractivity contribution < 1.29 is 14.7 Å². The summed E-state index contributed by atoms with van der Waals surface area (Å²) in [4.78, 5) is 22.1. The topological polar surface area (TPSA) is 78.4 Å². The van der Waals surface area contributed by atoms with Crippen LogP contribution in [-0.4, -0.2) is 29.6 Å². The number of carbonyl (C=O) groups excluding carboxylic acids is 1. The number of carbonyl (C=O) groups is 2. The second-order valence-electron chi connectivity index (χ2n) is 3.59. The van der Waals surface area contributed by atoms with Gasteiger partial charge >= 0.3 is 5.97 Å². The van der Waals surface area contributed by atoms with Crippen LogP contribution in [0.2, 0.25) is 10.0 Å². The molecule has 0 aromatic heterocycles. The molecule has 1 atom stereocenters. The van der Waals surface area contributed by atoms with Gasteiger partial charge in [0.25, 0.3) is 0 Å². The highest BCUT2D eigenvalue weighted by Crippen LogP contribution is 2.29. The van der Waals surface area contributed by atoms with Gasteiger partial charge < -0.3 is 10.4 Å². The zero-order chi connectivity index (χ0) is 13.7. The smallest absolute Gasteiger partial charge is 0.320 e. The van der Waals surface area contributed by atoms with E-state index in [0.29, 0.717) is 10.7 Å². The van der Waals surface area contributed by atoms with Crippen molar-refractivity contribution in [3.63, 3.8) is 0 Å². The van der Waals surface area contributed by atoms with Gasteiger partial charge in [0.1, 0.15) is 6.04 Å². The molecule has 0 fully saturated rings. The molecule has 0 radical (unpaired) electrons. The molecule has 98 valence electrons. The van der Waals surface area contributed by atoms with E-state index in [1.165, 1.54) is 6.92 Å². The Morgan fingerprint density at radius 3 is 2.67 bits per heavy atom. The number of halogens is 2. The third-order valence-electron chi connectivity index (χ3n) is 2.16. The summed E-state index contributed by atoms with van der Waals surface area (Å²) in [5.41, 5.74) is 0.388. The van der Waals surface area contributed by atoms with Gasteiger partial charge in [-0.25, -0.2) is 0 Å². The summed E-state index contributed by atoms with van der Waals surface area (Å²) >= 11 is 11.7. The Kier molecular flexibility index (Phi) is 5.40. The first-order chi connectivity index (χ1) is 8.41. The van der Waals surface area contributed by atoms with Crippen LogP contribution in [0.25, 0.3) is 0 Å². The zero-order valence-corrected chi connectivity index (χ0v) is 11.0. The summed E-state index contributed by atoms with van der Waals surface area (Å²) < 4.78 is 0. The normalized spacial score (nSPS) is 11.9. The largest absolute Gasteiger partial charge is 0.480 e. The van der Waals surface area contributed by atoms with Crippen LogP contribution in [0.15, 0.2) is 18.2 Å². The van der Waals surface area contributed by atoms with Crippen LogP contribution >= 0.6 is 23.2 Å². The summed E-state index contributed by atoms with van der Waals surface area (Å²) in [5.74, 6) is -1.42. The maximum Gasteiger partial charge on any atom is 0.320 e. The van der Waals surface area contributed by atoms with Crippen LogP contribution in [0.1, 0.15) is 6.92 Å². The average molecular weight is 291 g/mol. The number of hydrogen-bond donors (Lipinski definition) is 3. The maximum absolute atomic E-state index is 11.5. The number of nitrogens with one attached hydrogen (secondary N) is 2. The number of aliphatic carboxylic acids is 1. The van der Waals surface area contributed by atoms with E-state index in [1.54, 1.807) is 18.2 Å². The molecule has 1 amide bonds. The van der Waals surface area contributed by atoms with E-state index in [-0.39, 0.29) is 11.6 Å². The molecule has 0 heterocycles. The zero-order valence-electron chi connectivity index (χ0n) is 9.54. The number of carboxylic acid groups (broad SMARTS) is 1. The molecule has 0 aliphatic rings. The monoisotopic (exact) mass is 290 g/mol. The van der Waals surface area contributed by atoms with Crippen molar-refractivity contribution >= 4 is 40.8 Å². The highest BCUT2D eigenvalue weighted by molar-refractivity contribution is 6.43. The average Bonchev–Trinajstić information content (AvgIpc) is 2.32. The van der Waals surface area contributed by atoms with E-state index in [0.717, 1.165) is 0 Å². The van der Waals surface area contributed by atoms with E-state index in [4.69, 9.17) is 28.3 Å². The van der Waals surface area contributed by atoms with E-state index < -0.39 is 17.9 Å². The number of carboxylic acids is 1. The van der Waals surface area contributed by atoms with Crippen LogP contribution in [0.4, 0.5) is 5.69 Å². The van der Waals surface area contributed by atoms with Gasteiger partial charge in [0.15, 0.2) is 0 Å². The fourth-order valence-corrected chi connectivity index (χ4v) is 1.48. The van der Waals surface area contributed by atoms with Crippen LogP contribution in [0.3, 0.4) is 0 Å². The molecule has 0 bridgehead atoms. The first-order valence-corrected chi connectivity index (χ1v) is 5.87. The van der Waals surface area contributed by atoms with Crippen molar-refractivity contribution in [2.24, 2.45) is 0 Å². The standard InChI is InChI=1S/C11H12Cl2N2O3/c1-6(11(17)18)14-5-9(16)15-8-4-2-3-7(12)10(8)13/h2-4,6,14H,5H2,1H3,(H,15,16)(H,17,18). The summed E-state index contributed by atoms with van der Waals surface area (Å²) in [5, 5.41) is 14.3. The lowest BCUT2D eigenvalue weighted by molar-refractivity contribution is -0.139. The predicted octanol–water partition coefficient (Wildman–Crippen LogP) is 1.99. The third-order valence-corrected chi connectivity index (χ3v) is 2.98. The first-order valence-electron chi connectivity index (χ1n) is 5.12. The van der Waals surface area contributed by atoms with Crippen LogP contribution in [0, 0.1) is 0 Å². The van der Waals surface area contributed by atoms with Crippen molar-refractivity contribution in [2.45, 2.75) is 13.0 Å². The second-order valence-corrected chi connectivity index (χ2v) is 4.38. The van der Waals surface area contributed by atoms with Gasteiger partial charge in [0.2, 0.25) is 5.91 Å². The van der Waals surface area contributed by atoms with Crippen LogP contribution in [-0.2, 0) is 9.59 Å². The molecule has 7 heteroatoms. The lowest BCUT2D eigenvalue weighted by Gasteiger charge is -2.10. The van der Waals surface area contributed by atoms with E-state index >= 15 is 0 Å². The molecule has 0 saturated carbocycles. The molecule has 3 N–H and O–H groups in total. The lowest BCUT2D eigenvalue weighted by Crippen LogP contribution is -2.39. The minimum atomic E-state index is -1.02. The number of amides is 1. The van der Waals surface area contributed by atoms with E-state index in [9.17, 15) is 9.59 Å². The molecule has 1 rings (SSSR count). The lowest BCUT2D eigenvalue weighted by atomic mass is 10.3. The highest BCUT2D eigenvalue weighted by atomic mass is 35.5. The van der Waals surface area contributed by atoms with Gasteiger partial charge in [0, 0.05) is 0 Å². The van der Waals surface area contributed by atoms with Crippen molar-refractivity contribution in [3.8, 4) is 0 Å². The van der Waals surface area contributed by atoms with Crippen molar-refractivity contribution in [1.82, 2.24) is 5.32 Å². The molecule has 0 saturated heterocycles. The second kappa shape index (κ2) is 6.58. The summed E-state index contributed by atoms with van der Waals surface area (Å²) in [6.45, 7) is 1.32. The van der Waals surface area contributed by atoms with Gasteiger partial charge in [-0.05, 0) is 19.1 Å². The molecule has 5 nitrogen and oxygen atoms in total. The van der Waals surface area contributed by atoms with Crippen molar-refractivity contribution in [2.75, 3.05) is 11.9 Å². The fourth-order valence-electron chi connectivity index (χ4n) is 1.13. The molecule has 0 aliphatic carbocycles. The Balaban J connectivity index is 2.55. The molecule has 1 aromatic rings. The first kappa shape index (κ1) is 14.8. The predicted molar refractivity (Wildman–Crippen MR) is 70.2 cm³/mol. The summed E-state index contributed by atoms with van der Waals surface area (Å²) in [6.07, 6.45) is 0. The minimum Gasteiger partial charge on any atom is -0.480 e. The molecular weight excluding hydrogens is 279 g/mol. The molecule has 1 aromatic carbocycles. The Hall–Kier alpha value is -1.30. The maximum atomic E-state index is 11.5. The van der Waals surface area contributed by atoms with E-state index in [2.05, 4.69) is 10.6 Å². The Morgan fingerprint density at radius 2 is 2.06 bits per heavy atom. The molecule has 1 unspecified atom stereocenters.